The molecule has 0 radical (unpaired) electrons. The minimum Gasteiger partial charge on any atom is -0.454 e. The van der Waals surface area contributed by atoms with Crippen molar-refractivity contribution in [2.24, 2.45) is 5.73 Å². The van der Waals surface area contributed by atoms with E-state index in [9.17, 15) is 4.79 Å². The Kier molecular flexibility index (Phi) is 4.85. The minimum absolute atomic E-state index is 0.217. The van der Waals surface area contributed by atoms with Crippen LogP contribution < -0.4 is 5.73 Å². The Labute approximate surface area is 174 Å². The van der Waals surface area contributed by atoms with Crippen LogP contribution in [-0.4, -0.2) is 33.2 Å². The Bertz CT molecular complexity index is 1150. The van der Waals surface area contributed by atoms with E-state index in [2.05, 4.69) is 23.2 Å². The van der Waals surface area contributed by atoms with Gasteiger partial charge in [0, 0.05) is 23.7 Å². The fourth-order valence-corrected chi connectivity index (χ4v) is 4.29. The highest BCUT2D eigenvalue weighted by atomic mass is 16.3. The van der Waals surface area contributed by atoms with Gasteiger partial charge in [-0.15, -0.1) is 0 Å². The summed E-state index contributed by atoms with van der Waals surface area (Å²) in [7, 11) is 0. The van der Waals surface area contributed by atoms with Crippen LogP contribution in [0.15, 0.2) is 71.3 Å². The highest BCUT2D eigenvalue weighted by Gasteiger charge is 2.30. The summed E-state index contributed by atoms with van der Waals surface area (Å²) in [5.74, 6) is 0.488. The molecule has 1 aliphatic heterocycles. The maximum atomic E-state index is 11.9. The summed E-state index contributed by atoms with van der Waals surface area (Å²) in [5.41, 5.74) is 9.51. The quantitative estimate of drug-likeness (QED) is 0.534. The van der Waals surface area contributed by atoms with E-state index in [0.29, 0.717) is 13.1 Å². The van der Waals surface area contributed by atoms with Crippen molar-refractivity contribution in [3.63, 3.8) is 0 Å². The lowest BCUT2D eigenvalue weighted by atomic mass is 10.1. The van der Waals surface area contributed by atoms with E-state index < -0.39 is 0 Å². The number of para-hydroxylation sites is 1. The van der Waals surface area contributed by atoms with Gasteiger partial charge < -0.3 is 10.2 Å². The Hall–Kier alpha value is -3.38. The van der Waals surface area contributed by atoms with Gasteiger partial charge in [-0.05, 0) is 37.1 Å². The molecular weight excluding hydrogens is 376 g/mol. The molecule has 0 unspecified atom stereocenters. The molecule has 3 heterocycles. The molecule has 6 heteroatoms. The Morgan fingerprint density at radius 3 is 2.70 bits per heavy atom. The molecule has 0 aliphatic carbocycles. The summed E-state index contributed by atoms with van der Waals surface area (Å²) in [6.45, 7) is 2.15. The van der Waals surface area contributed by atoms with Crippen molar-refractivity contribution in [2.75, 3.05) is 6.54 Å². The van der Waals surface area contributed by atoms with Crippen LogP contribution in [0.4, 0.5) is 0 Å². The van der Waals surface area contributed by atoms with Crippen molar-refractivity contribution in [2.45, 2.75) is 32.0 Å². The van der Waals surface area contributed by atoms with Crippen molar-refractivity contribution in [1.82, 2.24) is 14.7 Å². The summed E-state index contributed by atoms with van der Waals surface area (Å²) in [5, 5.41) is 5.91. The van der Waals surface area contributed by atoms with Crippen molar-refractivity contribution >= 4 is 16.9 Å². The lowest BCUT2D eigenvalue weighted by Crippen LogP contribution is -2.39. The summed E-state index contributed by atoms with van der Waals surface area (Å²) >= 11 is 0. The monoisotopic (exact) mass is 400 g/mol. The van der Waals surface area contributed by atoms with Gasteiger partial charge in [0.15, 0.2) is 5.76 Å². The number of nitrogens with zero attached hydrogens (tertiary/aromatic N) is 3. The molecule has 2 aromatic heterocycles. The van der Waals surface area contributed by atoms with Gasteiger partial charge in [-0.25, -0.2) is 0 Å². The summed E-state index contributed by atoms with van der Waals surface area (Å²) in [6.07, 6.45) is 3.85. The zero-order valence-electron chi connectivity index (χ0n) is 16.7. The smallest absolute Gasteiger partial charge is 0.234 e. The first-order valence-corrected chi connectivity index (χ1v) is 10.3. The van der Waals surface area contributed by atoms with Crippen LogP contribution in [0.1, 0.15) is 24.0 Å². The number of hydrogen-bond donors (Lipinski definition) is 1. The van der Waals surface area contributed by atoms with Gasteiger partial charge in [0.05, 0.1) is 12.6 Å². The molecule has 1 amide bonds. The number of likely N-dealkylation sites (tertiary alicyclic amines) is 1. The number of carbonyl (C=O) groups is 1. The van der Waals surface area contributed by atoms with Crippen LogP contribution in [0.5, 0.6) is 0 Å². The zero-order valence-corrected chi connectivity index (χ0v) is 16.7. The molecule has 2 N–H and O–H groups in total. The fraction of sp³-hybridized carbons (Fsp3) is 0.250. The molecule has 1 atom stereocenters. The second-order valence-electron chi connectivity index (χ2n) is 7.87. The van der Waals surface area contributed by atoms with E-state index in [-0.39, 0.29) is 11.9 Å². The maximum Gasteiger partial charge on any atom is 0.234 e. The van der Waals surface area contributed by atoms with Crippen LogP contribution in [0, 0.1) is 0 Å². The zero-order chi connectivity index (χ0) is 20.5. The maximum absolute atomic E-state index is 11.9. The molecule has 0 spiro atoms. The number of primary amides is 1. The number of amides is 1. The molecule has 5 rings (SSSR count). The van der Waals surface area contributed by atoms with E-state index in [4.69, 9.17) is 15.2 Å². The fourth-order valence-electron chi connectivity index (χ4n) is 4.29. The molecule has 30 heavy (non-hydrogen) atoms. The van der Waals surface area contributed by atoms with Crippen LogP contribution in [-0.2, 0) is 17.9 Å². The average molecular weight is 400 g/mol. The number of benzene rings is 2. The van der Waals surface area contributed by atoms with Gasteiger partial charge in [0.25, 0.3) is 0 Å². The van der Waals surface area contributed by atoms with E-state index in [1.165, 1.54) is 5.56 Å². The third-order valence-corrected chi connectivity index (χ3v) is 5.75. The molecule has 6 nitrogen and oxygen atoms in total. The van der Waals surface area contributed by atoms with Crippen molar-refractivity contribution < 1.29 is 9.21 Å². The number of nitrogens with two attached hydrogens (primary N) is 1. The topological polar surface area (TPSA) is 77.3 Å². The number of rotatable bonds is 6. The second kappa shape index (κ2) is 7.80. The molecule has 1 fully saturated rings. The predicted octanol–water partition coefficient (Wildman–Crippen LogP) is 3.79. The summed E-state index contributed by atoms with van der Waals surface area (Å²) < 4.78 is 8.06. The van der Waals surface area contributed by atoms with E-state index in [1.54, 1.807) is 0 Å². The SMILES string of the molecule is NC(=O)[C@@H]1CCCN1Cc1cn(Cc2ccccc2)nc1-c1cc2ccccc2o1. The normalized spacial score (nSPS) is 17.0. The lowest BCUT2D eigenvalue weighted by Gasteiger charge is -2.21. The first-order valence-electron chi connectivity index (χ1n) is 10.3. The number of furan rings is 1. The Morgan fingerprint density at radius 1 is 1.10 bits per heavy atom. The van der Waals surface area contributed by atoms with E-state index in [0.717, 1.165) is 47.4 Å². The van der Waals surface area contributed by atoms with Gasteiger partial charge in [-0.3, -0.25) is 14.4 Å². The molecule has 0 bridgehead atoms. The van der Waals surface area contributed by atoms with Gasteiger partial charge in [0.1, 0.15) is 11.3 Å². The van der Waals surface area contributed by atoms with E-state index >= 15 is 0 Å². The Balaban J connectivity index is 1.52. The summed E-state index contributed by atoms with van der Waals surface area (Å²) in [4.78, 5) is 14.0. The van der Waals surface area contributed by atoms with Crippen molar-refractivity contribution in [3.05, 3.63) is 78.0 Å². The predicted molar refractivity (Wildman–Crippen MR) is 116 cm³/mol. The number of fused-ring (bicyclic) bond motifs is 1. The minimum atomic E-state index is -0.255. The average Bonchev–Trinajstić information content (AvgIpc) is 3.47. The van der Waals surface area contributed by atoms with Crippen molar-refractivity contribution in [3.8, 4) is 11.5 Å². The first kappa shape index (κ1) is 18.6. The van der Waals surface area contributed by atoms with Crippen molar-refractivity contribution in [1.29, 1.82) is 0 Å². The Morgan fingerprint density at radius 2 is 1.90 bits per heavy atom. The molecule has 1 aliphatic rings. The van der Waals surface area contributed by atoms with Gasteiger partial charge in [0.2, 0.25) is 5.91 Å². The molecule has 0 saturated carbocycles. The van der Waals surface area contributed by atoms with Crippen LogP contribution >= 0.6 is 0 Å². The number of carbonyl (C=O) groups excluding carboxylic acids is 1. The van der Waals surface area contributed by atoms with Crippen LogP contribution in [0.25, 0.3) is 22.4 Å². The largest absolute Gasteiger partial charge is 0.454 e. The van der Waals surface area contributed by atoms with Gasteiger partial charge >= 0.3 is 0 Å². The molecule has 152 valence electrons. The first-order chi connectivity index (χ1) is 14.7. The standard InChI is InChI=1S/C24H24N4O2/c25-24(29)20-10-6-12-27(20)15-19-16-28(14-17-7-2-1-3-8-17)26-23(19)22-13-18-9-4-5-11-21(18)30-22/h1-5,7-9,11,13,16,20H,6,10,12,14-15H2,(H2,25,29)/t20-/m0/s1. The third kappa shape index (κ3) is 3.62. The number of aromatic nitrogens is 2. The molecule has 4 aromatic rings. The second-order valence-corrected chi connectivity index (χ2v) is 7.87. The molecule has 2 aromatic carbocycles. The molecule has 1 saturated heterocycles. The van der Waals surface area contributed by atoms with Crippen LogP contribution in [0.3, 0.4) is 0 Å². The summed E-state index contributed by atoms with van der Waals surface area (Å²) in [6, 6.07) is 20.0. The highest BCUT2D eigenvalue weighted by Crippen LogP contribution is 2.31. The number of hydrogen-bond acceptors (Lipinski definition) is 4. The van der Waals surface area contributed by atoms with Crippen LogP contribution in [0.2, 0.25) is 0 Å². The van der Waals surface area contributed by atoms with Gasteiger partial charge in [-0.1, -0.05) is 48.5 Å². The van der Waals surface area contributed by atoms with E-state index in [1.807, 2.05) is 53.2 Å². The van der Waals surface area contributed by atoms with Gasteiger partial charge in [-0.2, -0.15) is 5.10 Å². The highest BCUT2D eigenvalue weighted by molar-refractivity contribution is 5.82. The third-order valence-electron chi connectivity index (χ3n) is 5.75. The molecular formula is C24H24N4O2. The lowest BCUT2D eigenvalue weighted by molar-refractivity contribution is -0.122.